The van der Waals surface area contributed by atoms with Crippen molar-refractivity contribution in [2.75, 3.05) is 19.5 Å². The molecule has 0 radical (unpaired) electrons. The average Bonchev–Trinajstić information content (AvgIpc) is 2.64. The summed E-state index contributed by atoms with van der Waals surface area (Å²) in [4.78, 5) is 4.29. The summed E-state index contributed by atoms with van der Waals surface area (Å²) >= 11 is 0. The first kappa shape index (κ1) is 9.97. The first-order valence-electron chi connectivity index (χ1n) is 4.79. The van der Waals surface area contributed by atoms with E-state index in [1.807, 2.05) is 18.5 Å². The zero-order valence-corrected chi connectivity index (χ0v) is 9.19. The van der Waals surface area contributed by atoms with Gasteiger partial charge in [0.25, 0.3) is 0 Å². The zero-order valence-electron chi connectivity index (χ0n) is 9.19. The number of rotatable bonds is 3. The lowest BCUT2D eigenvalue weighted by Crippen LogP contribution is -2.10. The fourth-order valence-corrected chi connectivity index (χ4v) is 1.75. The Bertz CT molecular complexity index is 484. The predicted molar refractivity (Wildman–Crippen MR) is 57.5 cm³/mol. The van der Waals surface area contributed by atoms with Crippen molar-refractivity contribution in [3.8, 4) is 0 Å². The van der Waals surface area contributed by atoms with Gasteiger partial charge >= 0.3 is 0 Å². The van der Waals surface area contributed by atoms with Crippen molar-refractivity contribution in [2.24, 2.45) is 7.05 Å². The van der Waals surface area contributed by atoms with Crippen LogP contribution in [0.25, 0.3) is 11.2 Å². The topological polar surface area (TPSA) is 70.9 Å². The van der Waals surface area contributed by atoms with Crippen LogP contribution in [0.1, 0.15) is 5.69 Å². The minimum atomic E-state index is 0.512. The van der Waals surface area contributed by atoms with E-state index in [1.54, 1.807) is 11.8 Å². The molecular formula is C9H15N5O. The molecule has 2 aromatic rings. The number of ether oxygens (including phenoxy) is 1. The fourth-order valence-electron chi connectivity index (χ4n) is 1.75. The quantitative estimate of drug-likeness (QED) is 0.789. The highest BCUT2D eigenvalue weighted by molar-refractivity contribution is 5.77. The van der Waals surface area contributed by atoms with Gasteiger partial charge in [-0.3, -0.25) is 9.25 Å². The minimum Gasteiger partial charge on any atom is -0.383 e. The standard InChI is InChI=1S/C9H15N5O/c1-6-7-8(13(2)12-6)14(4-5-15-3)9(10)11-7/h4-5H2,1-3H3,(H2,10,11). The molecule has 0 aliphatic carbocycles. The monoisotopic (exact) mass is 209 g/mol. The third-order valence-corrected chi connectivity index (χ3v) is 2.44. The summed E-state index contributed by atoms with van der Waals surface area (Å²) in [5.74, 6) is 0.512. The molecular weight excluding hydrogens is 194 g/mol. The molecule has 0 aliphatic rings. The van der Waals surface area contributed by atoms with Gasteiger partial charge in [-0.15, -0.1) is 0 Å². The number of imidazole rings is 1. The summed E-state index contributed by atoms with van der Waals surface area (Å²) in [6.07, 6.45) is 0. The number of fused-ring (bicyclic) bond motifs is 1. The molecule has 0 saturated carbocycles. The van der Waals surface area contributed by atoms with Crippen LogP contribution in [0, 0.1) is 6.92 Å². The van der Waals surface area contributed by atoms with Gasteiger partial charge in [0.1, 0.15) is 5.52 Å². The van der Waals surface area contributed by atoms with Gasteiger partial charge in [0.05, 0.1) is 18.8 Å². The molecule has 6 heteroatoms. The van der Waals surface area contributed by atoms with Crippen LogP contribution < -0.4 is 5.73 Å². The normalized spacial score (nSPS) is 11.4. The lowest BCUT2D eigenvalue weighted by molar-refractivity contribution is 0.188. The second-order valence-electron chi connectivity index (χ2n) is 3.50. The van der Waals surface area contributed by atoms with E-state index < -0.39 is 0 Å². The first-order chi connectivity index (χ1) is 7.15. The molecule has 0 amide bonds. The Morgan fingerprint density at radius 3 is 2.87 bits per heavy atom. The van der Waals surface area contributed by atoms with Crippen molar-refractivity contribution in [3.63, 3.8) is 0 Å². The third-order valence-electron chi connectivity index (χ3n) is 2.44. The van der Waals surface area contributed by atoms with E-state index in [4.69, 9.17) is 10.5 Å². The van der Waals surface area contributed by atoms with Gasteiger partial charge in [0, 0.05) is 14.2 Å². The second-order valence-corrected chi connectivity index (χ2v) is 3.50. The van der Waals surface area contributed by atoms with Crippen LogP contribution >= 0.6 is 0 Å². The molecule has 2 heterocycles. The molecule has 2 rings (SSSR count). The molecule has 0 atom stereocenters. The van der Waals surface area contributed by atoms with Crippen molar-refractivity contribution in [3.05, 3.63) is 5.69 Å². The van der Waals surface area contributed by atoms with E-state index in [9.17, 15) is 0 Å². The Labute approximate surface area is 87.6 Å². The van der Waals surface area contributed by atoms with Gasteiger partial charge < -0.3 is 10.5 Å². The van der Waals surface area contributed by atoms with Crippen molar-refractivity contribution >= 4 is 17.1 Å². The fraction of sp³-hybridized carbons (Fsp3) is 0.556. The minimum absolute atomic E-state index is 0.512. The van der Waals surface area contributed by atoms with Crippen LogP contribution in [-0.2, 0) is 18.3 Å². The molecule has 15 heavy (non-hydrogen) atoms. The second kappa shape index (κ2) is 3.54. The number of nitrogens with zero attached hydrogens (tertiary/aromatic N) is 4. The highest BCUT2D eigenvalue weighted by Crippen LogP contribution is 2.19. The maximum atomic E-state index is 5.83. The van der Waals surface area contributed by atoms with Crippen LogP contribution in [0.2, 0.25) is 0 Å². The van der Waals surface area contributed by atoms with E-state index in [0.29, 0.717) is 19.1 Å². The number of aromatic nitrogens is 4. The Morgan fingerprint density at radius 2 is 2.20 bits per heavy atom. The maximum absolute atomic E-state index is 5.83. The van der Waals surface area contributed by atoms with Gasteiger partial charge in [0.15, 0.2) is 5.65 Å². The summed E-state index contributed by atoms with van der Waals surface area (Å²) < 4.78 is 8.74. The molecule has 2 aromatic heterocycles. The molecule has 0 spiro atoms. The zero-order chi connectivity index (χ0) is 11.0. The molecule has 0 fully saturated rings. The maximum Gasteiger partial charge on any atom is 0.202 e. The summed E-state index contributed by atoms with van der Waals surface area (Å²) in [5.41, 5.74) is 8.54. The van der Waals surface area contributed by atoms with E-state index in [0.717, 1.165) is 16.9 Å². The van der Waals surface area contributed by atoms with Crippen molar-refractivity contribution < 1.29 is 4.74 Å². The van der Waals surface area contributed by atoms with E-state index in [-0.39, 0.29) is 0 Å². The van der Waals surface area contributed by atoms with E-state index in [1.165, 1.54) is 0 Å². The van der Waals surface area contributed by atoms with Crippen LogP contribution in [0.5, 0.6) is 0 Å². The average molecular weight is 209 g/mol. The summed E-state index contributed by atoms with van der Waals surface area (Å²) in [6, 6.07) is 0. The number of aryl methyl sites for hydroxylation is 2. The molecule has 0 saturated heterocycles. The molecule has 0 aromatic carbocycles. The third kappa shape index (κ3) is 1.46. The molecule has 82 valence electrons. The van der Waals surface area contributed by atoms with Crippen molar-refractivity contribution in [1.29, 1.82) is 0 Å². The number of nitrogen functional groups attached to an aromatic ring is 1. The van der Waals surface area contributed by atoms with Crippen LogP contribution in [0.4, 0.5) is 5.95 Å². The number of hydrogen-bond acceptors (Lipinski definition) is 4. The highest BCUT2D eigenvalue weighted by Gasteiger charge is 2.14. The van der Waals surface area contributed by atoms with Gasteiger partial charge in [-0.1, -0.05) is 0 Å². The predicted octanol–water partition coefficient (Wildman–Crippen LogP) is 0.307. The number of methoxy groups -OCH3 is 1. The Morgan fingerprint density at radius 1 is 1.47 bits per heavy atom. The number of anilines is 1. The van der Waals surface area contributed by atoms with E-state index in [2.05, 4.69) is 10.1 Å². The Balaban J connectivity index is 2.55. The van der Waals surface area contributed by atoms with E-state index >= 15 is 0 Å². The Hall–Kier alpha value is -1.56. The molecule has 2 N–H and O–H groups in total. The van der Waals surface area contributed by atoms with Crippen LogP contribution in [0.3, 0.4) is 0 Å². The molecule has 0 bridgehead atoms. The van der Waals surface area contributed by atoms with Crippen LogP contribution in [0.15, 0.2) is 0 Å². The number of nitrogens with two attached hydrogens (primary N) is 1. The molecule has 0 aliphatic heterocycles. The smallest absolute Gasteiger partial charge is 0.202 e. The van der Waals surface area contributed by atoms with Gasteiger partial charge in [-0.2, -0.15) is 5.10 Å². The lowest BCUT2D eigenvalue weighted by atomic mass is 10.4. The molecule has 6 nitrogen and oxygen atoms in total. The largest absolute Gasteiger partial charge is 0.383 e. The SMILES string of the molecule is COCCn1c(N)nc2c(C)nn(C)c21. The first-order valence-corrected chi connectivity index (χ1v) is 4.79. The van der Waals surface area contributed by atoms with Gasteiger partial charge in [-0.05, 0) is 6.92 Å². The van der Waals surface area contributed by atoms with Gasteiger partial charge in [0.2, 0.25) is 5.95 Å². The summed E-state index contributed by atoms with van der Waals surface area (Å²) in [6.45, 7) is 3.23. The van der Waals surface area contributed by atoms with Crippen molar-refractivity contribution in [1.82, 2.24) is 19.3 Å². The highest BCUT2D eigenvalue weighted by atomic mass is 16.5. The van der Waals surface area contributed by atoms with Gasteiger partial charge in [-0.25, -0.2) is 4.98 Å². The summed E-state index contributed by atoms with van der Waals surface area (Å²) in [5, 5.41) is 4.30. The van der Waals surface area contributed by atoms with Crippen LogP contribution in [-0.4, -0.2) is 33.0 Å². The lowest BCUT2D eigenvalue weighted by Gasteiger charge is -2.05. The Kier molecular flexibility index (Phi) is 2.36. The summed E-state index contributed by atoms with van der Waals surface area (Å²) in [7, 11) is 3.55. The van der Waals surface area contributed by atoms with Crippen molar-refractivity contribution in [2.45, 2.75) is 13.5 Å². The molecule has 0 unspecified atom stereocenters. The number of hydrogen-bond donors (Lipinski definition) is 1.